The molecule has 2 amide bonds. The fourth-order valence-corrected chi connectivity index (χ4v) is 3.93. The first-order valence-corrected chi connectivity index (χ1v) is 9.91. The van der Waals surface area contributed by atoms with Crippen molar-refractivity contribution in [1.29, 1.82) is 0 Å². The number of methoxy groups -OCH3 is 1. The number of rotatable bonds is 6. The predicted octanol–water partition coefficient (Wildman–Crippen LogP) is 2.29. The highest BCUT2D eigenvalue weighted by Gasteiger charge is 2.30. The maximum absolute atomic E-state index is 12.8. The third kappa shape index (κ3) is 4.90. The van der Waals surface area contributed by atoms with E-state index in [1.54, 1.807) is 22.8 Å². The fraction of sp³-hybridized carbons (Fsp3) is 0.650. The second-order valence-electron chi connectivity index (χ2n) is 7.47. The minimum absolute atomic E-state index is 0.0575. The molecule has 0 spiro atoms. The second kappa shape index (κ2) is 9.06. The van der Waals surface area contributed by atoms with E-state index in [2.05, 4.69) is 16.5 Å². The zero-order valence-electron chi connectivity index (χ0n) is 16.4. The molecule has 1 atom stereocenters. The lowest BCUT2D eigenvalue weighted by Gasteiger charge is -2.32. The first-order chi connectivity index (χ1) is 13.1. The summed E-state index contributed by atoms with van der Waals surface area (Å²) in [6.07, 6.45) is 11.4. The second-order valence-corrected chi connectivity index (χ2v) is 7.47. The number of piperidine rings is 1. The molecule has 3 rings (SSSR count). The minimum Gasteiger partial charge on any atom is -0.479 e. The van der Waals surface area contributed by atoms with Gasteiger partial charge in [0, 0.05) is 32.9 Å². The molecule has 2 aliphatic rings. The Kier molecular flexibility index (Phi) is 6.53. The molecular formula is C20H30N4O3. The van der Waals surface area contributed by atoms with Crippen LogP contribution >= 0.6 is 0 Å². The van der Waals surface area contributed by atoms with E-state index in [0.29, 0.717) is 31.1 Å². The number of nitrogens with zero attached hydrogens (tertiary/aromatic N) is 3. The minimum atomic E-state index is -0.147. The molecule has 0 radical (unpaired) electrons. The third-order valence-corrected chi connectivity index (χ3v) is 5.43. The Hall–Kier alpha value is -2.31. The van der Waals surface area contributed by atoms with E-state index in [-0.39, 0.29) is 17.7 Å². The number of carbonyl (C=O) groups is 2. The maximum Gasteiger partial charge on any atom is 0.260 e. The first-order valence-electron chi connectivity index (χ1n) is 9.91. The quantitative estimate of drug-likeness (QED) is 0.775. The molecule has 27 heavy (non-hydrogen) atoms. The van der Waals surface area contributed by atoms with Gasteiger partial charge in [0.1, 0.15) is 5.56 Å². The van der Waals surface area contributed by atoms with Crippen LogP contribution in [0.1, 0.15) is 55.3 Å². The lowest BCUT2D eigenvalue weighted by Crippen LogP contribution is -2.45. The Morgan fingerprint density at radius 2 is 2.19 bits per heavy atom. The topological polar surface area (TPSA) is 76.5 Å². The number of allylic oxidation sites excluding steroid dienone is 1. The van der Waals surface area contributed by atoms with E-state index < -0.39 is 0 Å². The summed E-state index contributed by atoms with van der Waals surface area (Å²) in [5, 5.41) is 7.21. The highest BCUT2D eigenvalue weighted by atomic mass is 16.5. The van der Waals surface area contributed by atoms with Gasteiger partial charge in [0.25, 0.3) is 5.91 Å². The fourth-order valence-electron chi connectivity index (χ4n) is 3.93. The number of hydrogen-bond donors (Lipinski definition) is 1. The van der Waals surface area contributed by atoms with Crippen LogP contribution in [0.4, 0.5) is 0 Å². The molecule has 0 unspecified atom stereocenters. The molecule has 1 aliphatic carbocycles. The summed E-state index contributed by atoms with van der Waals surface area (Å²) in [7, 11) is 3.26. The summed E-state index contributed by atoms with van der Waals surface area (Å²) in [6, 6.07) is 0. The molecule has 7 nitrogen and oxygen atoms in total. The molecule has 0 bridgehead atoms. The Morgan fingerprint density at radius 3 is 2.93 bits per heavy atom. The van der Waals surface area contributed by atoms with Crippen LogP contribution in [0.3, 0.4) is 0 Å². The van der Waals surface area contributed by atoms with Crippen molar-refractivity contribution in [3.05, 3.63) is 23.4 Å². The van der Waals surface area contributed by atoms with E-state index >= 15 is 0 Å². The normalized spacial score (nSPS) is 20.1. The number of hydrogen-bond acceptors (Lipinski definition) is 4. The molecule has 1 aromatic rings. The van der Waals surface area contributed by atoms with Gasteiger partial charge in [-0.3, -0.25) is 14.3 Å². The van der Waals surface area contributed by atoms with Crippen molar-refractivity contribution < 1.29 is 14.3 Å². The van der Waals surface area contributed by atoms with Gasteiger partial charge in [0.15, 0.2) is 0 Å². The van der Waals surface area contributed by atoms with E-state index in [0.717, 1.165) is 25.7 Å². The molecule has 0 saturated carbocycles. The van der Waals surface area contributed by atoms with Crippen LogP contribution in [0.25, 0.3) is 0 Å². The van der Waals surface area contributed by atoms with Crippen molar-refractivity contribution in [3.8, 4) is 5.88 Å². The Balaban J connectivity index is 1.52. The number of aryl methyl sites for hydroxylation is 1. The lowest BCUT2D eigenvalue weighted by molar-refractivity contribution is -0.126. The van der Waals surface area contributed by atoms with Gasteiger partial charge in [-0.15, -0.1) is 5.10 Å². The Morgan fingerprint density at radius 1 is 1.33 bits per heavy atom. The molecule has 1 saturated heterocycles. The number of ether oxygens (including phenoxy) is 1. The molecule has 7 heteroatoms. The highest BCUT2D eigenvalue weighted by molar-refractivity contribution is 5.96. The molecule has 1 aromatic heterocycles. The van der Waals surface area contributed by atoms with Crippen LogP contribution in [0.15, 0.2) is 17.8 Å². The lowest BCUT2D eigenvalue weighted by atomic mass is 9.95. The van der Waals surface area contributed by atoms with Crippen LogP contribution in [0, 0.1) is 5.92 Å². The van der Waals surface area contributed by atoms with Crippen LogP contribution in [-0.2, 0) is 11.8 Å². The summed E-state index contributed by atoms with van der Waals surface area (Å²) in [5.41, 5.74) is 1.91. The molecule has 2 heterocycles. The maximum atomic E-state index is 12.8. The van der Waals surface area contributed by atoms with Crippen molar-refractivity contribution in [2.24, 2.45) is 13.0 Å². The third-order valence-electron chi connectivity index (χ3n) is 5.43. The largest absolute Gasteiger partial charge is 0.479 e. The molecular weight excluding hydrogens is 344 g/mol. The van der Waals surface area contributed by atoms with Crippen molar-refractivity contribution in [2.75, 3.05) is 26.7 Å². The molecule has 1 N–H and O–H groups in total. The van der Waals surface area contributed by atoms with E-state index in [4.69, 9.17) is 4.74 Å². The summed E-state index contributed by atoms with van der Waals surface area (Å²) in [5.74, 6) is 0.118. The van der Waals surface area contributed by atoms with Crippen LogP contribution in [-0.4, -0.2) is 53.2 Å². The average Bonchev–Trinajstić information content (AvgIpc) is 3.09. The summed E-state index contributed by atoms with van der Waals surface area (Å²) in [4.78, 5) is 27.1. The highest BCUT2D eigenvalue weighted by Crippen LogP contribution is 2.23. The van der Waals surface area contributed by atoms with Gasteiger partial charge in [0.2, 0.25) is 11.8 Å². The van der Waals surface area contributed by atoms with Crippen LogP contribution in [0.2, 0.25) is 0 Å². The molecule has 1 aliphatic heterocycles. The van der Waals surface area contributed by atoms with Gasteiger partial charge in [0.05, 0.1) is 13.0 Å². The van der Waals surface area contributed by atoms with Crippen molar-refractivity contribution in [3.63, 3.8) is 0 Å². The number of carbonyl (C=O) groups excluding carboxylic acids is 2. The zero-order valence-corrected chi connectivity index (χ0v) is 16.4. The average molecular weight is 374 g/mol. The number of amides is 2. The van der Waals surface area contributed by atoms with Gasteiger partial charge in [-0.05, 0) is 44.9 Å². The number of nitrogens with one attached hydrogen (secondary N) is 1. The summed E-state index contributed by atoms with van der Waals surface area (Å²) in [6.45, 7) is 1.80. The smallest absolute Gasteiger partial charge is 0.260 e. The SMILES string of the molecule is COc1nn(C)cc1C(=O)N1CCC[C@H](C(=O)NCCC2=CCCCC2)C1. The van der Waals surface area contributed by atoms with E-state index in [1.807, 2.05) is 0 Å². The zero-order chi connectivity index (χ0) is 19.2. The predicted molar refractivity (Wildman–Crippen MR) is 103 cm³/mol. The molecule has 0 aromatic carbocycles. The monoisotopic (exact) mass is 374 g/mol. The van der Waals surface area contributed by atoms with Crippen molar-refractivity contribution >= 4 is 11.8 Å². The van der Waals surface area contributed by atoms with Gasteiger partial charge in [-0.1, -0.05) is 11.6 Å². The number of likely N-dealkylation sites (tertiary alicyclic amines) is 1. The van der Waals surface area contributed by atoms with E-state index in [1.165, 1.54) is 31.9 Å². The van der Waals surface area contributed by atoms with Gasteiger partial charge < -0.3 is 15.0 Å². The van der Waals surface area contributed by atoms with Gasteiger partial charge in [-0.2, -0.15) is 0 Å². The molecule has 1 fully saturated rings. The summed E-state index contributed by atoms with van der Waals surface area (Å²) >= 11 is 0. The van der Waals surface area contributed by atoms with Crippen molar-refractivity contribution in [1.82, 2.24) is 20.0 Å². The van der Waals surface area contributed by atoms with Crippen molar-refractivity contribution in [2.45, 2.75) is 44.9 Å². The molecule has 148 valence electrons. The Bertz CT molecular complexity index is 710. The standard InChI is InChI=1S/C20H30N4O3/c1-23-14-17(19(22-23)27-2)20(26)24-12-6-9-16(13-24)18(25)21-11-10-15-7-4-3-5-8-15/h7,14,16H,3-6,8-13H2,1-2H3,(H,21,25)/t16-/m0/s1. The Labute approximate surface area is 160 Å². The van der Waals surface area contributed by atoms with Gasteiger partial charge >= 0.3 is 0 Å². The van der Waals surface area contributed by atoms with E-state index in [9.17, 15) is 9.59 Å². The summed E-state index contributed by atoms with van der Waals surface area (Å²) < 4.78 is 6.77. The van der Waals surface area contributed by atoms with Crippen LogP contribution < -0.4 is 10.1 Å². The van der Waals surface area contributed by atoms with Crippen LogP contribution in [0.5, 0.6) is 5.88 Å². The number of aromatic nitrogens is 2. The van der Waals surface area contributed by atoms with Gasteiger partial charge in [-0.25, -0.2) is 0 Å². The first kappa shape index (κ1) is 19.5.